The fraction of sp³-hybridized carbons (Fsp3) is 0.562. The quantitative estimate of drug-likeness (QED) is 0.929. The first-order chi connectivity index (χ1) is 10.2. The molecule has 0 aliphatic carbocycles. The van der Waals surface area contributed by atoms with Crippen LogP contribution in [0.4, 0.5) is 0 Å². The smallest absolute Gasteiger partial charge is 0.0876 e. The molecule has 1 unspecified atom stereocenters. The van der Waals surface area contributed by atoms with Gasteiger partial charge in [0.25, 0.3) is 0 Å². The van der Waals surface area contributed by atoms with E-state index in [1.807, 2.05) is 23.9 Å². The van der Waals surface area contributed by atoms with E-state index >= 15 is 0 Å². The molecule has 0 bridgehead atoms. The Balaban J connectivity index is 1.87. The Labute approximate surface area is 125 Å². The third-order valence-corrected chi connectivity index (χ3v) is 4.67. The van der Waals surface area contributed by atoms with Crippen LogP contribution in [0.25, 0.3) is 10.9 Å². The van der Waals surface area contributed by atoms with Crippen molar-refractivity contribution in [2.75, 3.05) is 20.3 Å². The van der Waals surface area contributed by atoms with Crippen molar-refractivity contribution >= 4 is 10.9 Å². The molecule has 0 spiro atoms. The van der Waals surface area contributed by atoms with Crippen LogP contribution in [0.2, 0.25) is 0 Å². The van der Waals surface area contributed by atoms with Gasteiger partial charge in [0, 0.05) is 58.1 Å². The summed E-state index contributed by atoms with van der Waals surface area (Å²) in [6.07, 6.45) is 2.40. The van der Waals surface area contributed by atoms with E-state index in [1.165, 1.54) is 5.39 Å². The maximum absolute atomic E-state index is 6.50. The van der Waals surface area contributed by atoms with Crippen LogP contribution in [0, 0.1) is 0 Å². The van der Waals surface area contributed by atoms with Gasteiger partial charge >= 0.3 is 0 Å². The minimum atomic E-state index is -0.295. The topological polar surface area (TPSA) is 62.3 Å². The van der Waals surface area contributed by atoms with Crippen LogP contribution in [0.15, 0.2) is 24.3 Å². The van der Waals surface area contributed by atoms with Crippen LogP contribution in [0.5, 0.6) is 0 Å². The number of aromatic nitrogens is 2. The molecule has 21 heavy (non-hydrogen) atoms. The fourth-order valence-corrected chi connectivity index (χ4v) is 3.28. The maximum Gasteiger partial charge on any atom is 0.0876 e. The standard InChI is InChI=1S/C16H23N3O2/c1-19-14-6-4-3-5-12(14)13(18-19)11-15(17)16(20-2)7-9-21-10-8-16/h3-6,15H,7-11,17H2,1-2H3. The molecule has 0 saturated carbocycles. The Bertz CT molecular complexity index is 617. The van der Waals surface area contributed by atoms with Crippen LogP contribution in [0.1, 0.15) is 18.5 Å². The van der Waals surface area contributed by atoms with Crippen molar-refractivity contribution in [3.63, 3.8) is 0 Å². The predicted molar refractivity (Wildman–Crippen MR) is 82.2 cm³/mol. The van der Waals surface area contributed by atoms with Crippen molar-refractivity contribution in [2.45, 2.75) is 30.9 Å². The van der Waals surface area contributed by atoms with Gasteiger partial charge in [0.1, 0.15) is 0 Å². The number of nitrogens with zero attached hydrogens (tertiary/aromatic N) is 2. The van der Waals surface area contributed by atoms with Gasteiger partial charge in [-0.1, -0.05) is 18.2 Å². The Hall–Kier alpha value is -1.43. The number of hydrogen-bond donors (Lipinski definition) is 1. The van der Waals surface area contributed by atoms with Crippen LogP contribution in [-0.4, -0.2) is 41.7 Å². The molecule has 1 atom stereocenters. The highest BCUT2D eigenvalue weighted by atomic mass is 16.5. The zero-order valence-electron chi connectivity index (χ0n) is 12.7. The van der Waals surface area contributed by atoms with Gasteiger partial charge in [0.2, 0.25) is 0 Å². The summed E-state index contributed by atoms with van der Waals surface area (Å²) >= 11 is 0. The first-order valence-corrected chi connectivity index (χ1v) is 7.45. The molecule has 1 aromatic heterocycles. The van der Waals surface area contributed by atoms with Gasteiger partial charge in [-0.05, 0) is 6.07 Å². The van der Waals surface area contributed by atoms with Gasteiger partial charge in [-0.3, -0.25) is 4.68 Å². The number of methoxy groups -OCH3 is 1. The highest BCUT2D eigenvalue weighted by Crippen LogP contribution is 2.30. The van der Waals surface area contributed by atoms with Crippen molar-refractivity contribution in [2.24, 2.45) is 12.8 Å². The monoisotopic (exact) mass is 289 g/mol. The summed E-state index contributed by atoms with van der Waals surface area (Å²) in [5.74, 6) is 0. The summed E-state index contributed by atoms with van der Waals surface area (Å²) in [4.78, 5) is 0. The number of ether oxygens (including phenoxy) is 2. The second kappa shape index (κ2) is 5.75. The van der Waals surface area contributed by atoms with E-state index in [4.69, 9.17) is 15.2 Å². The van der Waals surface area contributed by atoms with E-state index in [9.17, 15) is 0 Å². The van der Waals surface area contributed by atoms with Crippen molar-refractivity contribution in [1.29, 1.82) is 0 Å². The van der Waals surface area contributed by atoms with E-state index in [0.29, 0.717) is 13.2 Å². The van der Waals surface area contributed by atoms with Crippen LogP contribution in [-0.2, 0) is 22.9 Å². The van der Waals surface area contributed by atoms with Gasteiger partial charge in [-0.2, -0.15) is 5.10 Å². The number of hydrogen-bond acceptors (Lipinski definition) is 4. The first-order valence-electron chi connectivity index (χ1n) is 7.45. The lowest BCUT2D eigenvalue weighted by atomic mass is 9.84. The number of fused-ring (bicyclic) bond motifs is 1. The maximum atomic E-state index is 6.50. The normalized spacial score (nSPS) is 19.8. The third kappa shape index (κ3) is 2.57. The minimum absolute atomic E-state index is 0.0790. The zero-order valence-corrected chi connectivity index (χ0v) is 12.7. The van der Waals surface area contributed by atoms with E-state index in [-0.39, 0.29) is 11.6 Å². The molecule has 2 heterocycles. The molecular formula is C16H23N3O2. The molecule has 0 radical (unpaired) electrons. The molecule has 1 aliphatic rings. The fourth-order valence-electron chi connectivity index (χ4n) is 3.28. The number of aryl methyl sites for hydroxylation is 1. The molecule has 1 saturated heterocycles. The van der Waals surface area contributed by atoms with Crippen molar-refractivity contribution in [1.82, 2.24) is 9.78 Å². The highest BCUT2D eigenvalue weighted by molar-refractivity contribution is 5.81. The predicted octanol–water partition coefficient (Wildman–Crippen LogP) is 1.64. The summed E-state index contributed by atoms with van der Waals surface area (Å²) in [5, 5.41) is 5.81. The Kier molecular flexibility index (Phi) is 3.97. The Morgan fingerprint density at radius 1 is 1.38 bits per heavy atom. The number of rotatable bonds is 4. The molecule has 1 aliphatic heterocycles. The highest BCUT2D eigenvalue weighted by Gasteiger charge is 2.39. The van der Waals surface area contributed by atoms with Gasteiger partial charge < -0.3 is 15.2 Å². The molecular weight excluding hydrogens is 266 g/mol. The molecule has 0 amide bonds. The molecule has 3 rings (SSSR count). The van der Waals surface area contributed by atoms with E-state index < -0.39 is 0 Å². The van der Waals surface area contributed by atoms with Gasteiger partial charge in [0.05, 0.1) is 16.8 Å². The average Bonchev–Trinajstić information content (AvgIpc) is 2.85. The summed E-state index contributed by atoms with van der Waals surface area (Å²) in [6.45, 7) is 1.43. The lowest BCUT2D eigenvalue weighted by Crippen LogP contribution is -2.54. The molecule has 1 aromatic carbocycles. The summed E-state index contributed by atoms with van der Waals surface area (Å²) in [7, 11) is 3.72. The second-order valence-corrected chi connectivity index (χ2v) is 5.78. The van der Waals surface area contributed by atoms with E-state index in [1.54, 1.807) is 7.11 Å². The Morgan fingerprint density at radius 3 is 2.81 bits per heavy atom. The van der Waals surface area contributed by atoms with Crippen LogP contribution in [0.3, 0.4) is 0 Å². The zero-order chi connectivity index (χ0) is 14.9. The van der Waals surface area contributed by atoms with Crippen molar-refractivity contribution < 1.29 is 9.47 Å². The summed E-state index contributed by atoms with van der Waals surface area (Å²) in [6, 6.07) is 8.18. The van der Waals surface area contributed by atoms with E-state index in [0.717, 1.165) is 30.5 Å². The second-order valence-electron chi connectivity index (χ2n) is 5.78. The molecule has 5 nitrogen and oxygen atoms in total. The van der Waals surface area contributed by atoms with Gasteiger partial charge in [-0.25, -0.2) is 0 Å². The largest absolute Gasteiger partial charge is 0.381 e. The molecule has 1 fully saturated rings. The van der Waals surface area contributed by atoms with Gasteiger partial charge in [0.15, 0.2) is 0 Å². The molecule has 5 heteroatoms. The molecule has 114 valence electrons. The SMILES string of the molecule is COC1(C(N)Cc2nn(C)c3ccccc23)CCOCC1. The van der Waals surface area contributed by atoms with Crippen molar-refractivity contribution in [3.8, 4) is 0 Å². The Morgan fingerprint density at radius 2 is 2.10 bits per heavy atom. The lowest BCUT2D eigenvalue weighted by Gasteiger charge is -2.40. The summed E-state index contributed by atoms with van der Waals surface area (Å²) in [5.41, 5.74) is 8.38. The lowest BCUT2D eigenvalue weighted by molar-refractivity contribution is -0.103. The first kappa shape index (κ1) is 14.5. The third-order valence-electron chi connectivity index (χ3n) is 4.67. The number of benzene rings is 1. The molecule has 2 N–H and O–H groups in total. The molecule has 2 aromatic rings. The van der Waals surface area contributed by atoms with Crippen molar-refractivity contribution in [3.05, 3.63) is 30.0 Å². The van der Waals surface area contributed by atoms with Crippen LogP contribution < -0.4 is 5.73 Å². The van der Waals surface area contributed by atoms with E-state index in [2.05, 4.69) is 17.2 Å². The van der Waals surface area contributed by atoms with Gasteiger partial charge in [-0.15, -0.1) is 0 Å². The minimum Gasteiger partial charge on any atom is -0.381 e. The number of nitrogens with two attached hydrogens (primary N) is 1. The average molecular weight is 289 g/mol. The summed E-state index contributed by atoms with van der Waals surface area (Å²) < 4.78 is 13.2. The van der Waals surface area contributed by atoms with Crippen LogP contribution >= 0.6 is 0 Å². The number of para-hydroxylation sites is 1.